The number of carbonyl (C=O) groups is 2. The van der Waals surface area contributed by atoms with Gasteiger partial charge in [-0.15, -0.1) is 0 Å². The summed E-state index contributed by atoms with van der Waals surface area (Å²) in [6, 6.07) is 15.1. The number of hydrogen-bond acceptors (Lipinski definition) is 4. The van der Waals surface area contributed by atoms with Crippen LogP contribution >= 0.6 is 0 Å². The summed E-state index contributed by atoms with van der Waals surface area (Å²) in [5.41, 5.74) is 2.55. The number of carboxylic acid groups (broad SMARTS) is 1. The minimum Gasteiger partial charge on any atom is -0.481 e. The van der Waals surface area contributed by atoms with Gasteiger partial charge < -0.3 is 15.5 Å². The topological polar surface area (TPSA) is 89.9 Å². The van der Waals surface area contributed by atoms with Crippen LogP contribution in [0, 0.1) is 19.3 Å². The van der Waals surface area contributed by atoms with Crippen LogP contribution in [0.3, 0.4) is 0 Å². The number of amides is 1. The number of carbonyl (C=O) groups excluding carboxylic acids is 1. The van der Waals surface area contributed by atoms with E-state index in [2.05, 4.69) is 5.32 Å². The summed E-state index contributed by atoms with van der Waals surface area (Å²) in [4.78, 5) is 26.4. The molecule has 1 heterocycles. The van der Waals surface area contributed by atoms with Crippen molar-refractivity contribution in [1.82, 2.24) is 4.90 Å². The highest BCUT2D eigenvalue weighted by Gasteiger charge is 2.48. The number of aliphatic hydroxyl groups is 1. The van der Waals surface area contributed by atoms with E-state index in [1.54, 1.807) is 0 Å². The molecule has 1 aliphatic rings. The molecule has 0 aromatic heterocycles. The molecule has 1 amide bonds. The second-order valence-corrected chi connectivity index (χ2v) is 7.92. The first kappa shape index (κ1) is 21.0. The first-order valence-electron chi connectivity index (χ1n) is 9.85. The Morgan fingerprint density at radius 3 is 2.52 bits per heavy atom. The monoisotopic (exact) mass is 396 g/mol. The summed E-state index contributed by atoms with van der Waals surface area (Å²) in [6.45, 7) is 4.66. The van der Waals surface area contributed by atoms with Crippen LogP contribution in [0.4, 0.5) is 5.69 Å². The smallest absolute Gasteiger partial charge is 0.312 e. The molecule has 2 aromatic rings. The third kappa shape index (κ3) is 4.66. The largest absolute Gasteiger partial charge is 0.481 e. The van der Waals surface area contributed by atoms with Crippen LogP contribution in [-0.4, -0.2) is 52.7 Å². The maximum absolute atomic E-state index is 12.5. The molecule has 2 atom stereocenters. The van der Waals surface area contributed by atoms with Gasteiger partial charge in [0.15, 0.2) is 0 Å². The third-order valence-corrected chi connectivity index (χ3v) is 5.98. The van der Waals surface area contributed by atoms with Crippen molar-refractivity contribution in [3.8, 4) is 0 Å². The first-order chi connectivity index (χ1) is 13.8. The second-order valence-electron chi connectivity index (χ2n) is 7.92. The number of likely N-dealkylation sites (tertiary alicyclic amines) is 1. The Morgan fingerprint density at radius 2 is 1.86 bits per heavy atom. The fourth-order valence-electron chi connectivity index (χ4n) is 3.95. The predicted octanol–water partition coefficient (Wildman–Crippen LogP) is 2.62. The van der Waals surface area contributed by atoms with Gasteiger partial charge in [-0.2, -0.15) is 0 Å². The number of hydrogen-bond donors (Lipinski definition) is 3. The summed E-state index contributed by atoms with van der Waals surface area (Å²) < 4.78 is 0. The van der Waals surface area contributed by atoms with Gasteiger partial charge in [0, 0.05) is 12.2 Å². The zero-order chi connectivity index (χ0) is 21.0. The van der Waals surface area contributed by atoms with Gasteiger partial charge >= 0.3 is 5.97 Å². The van der Waals surface area contributed by atoms with Crippen molar-refractivity contribution in [2.45, 2.75) is 32.8 Å². The van der Waals surface area contributed by atoms with Gasteiger partial charge in [0.05, 0.1) is 12.6 Å². The van der Waals surface area contributed by atoms with E-state index < -0.39 is 17.5 Å². The van der Waals surface area contributed by atoms with E-state index >= 15 is 0 Å². The molecule has 6 heteroatoms. The number of carboxylic acids is 1. The number of benzene rings is 2. The lowest BCUT2D eigenvalue weighted by atomic mass is 9.71. The van der Waals surface area contributed by atoms with Gasteiger partial charge in [-0.1, -0.05) is 42.5 Å². The van der Waals surface area contributed by atoms with Gasteiger partial charge in [0.1, 0.15) is 5.41 Å². The van der Waals surface area contributed by atoms with Crippen molar-refractivity contribution in [2.24, 2.45) is 5.41 Å². The molecule has 1 aliphatic heterocycles. The number of nitrogens with one attached hydrogen (secondary N) is 1. The summed E-state index contributed by atoms with van der Waals surface area (Å²) >= 11 is 0. The molecular formula is C23H28N2O4. The van der Waals surface area contributed by atoms with E-state index in [4.69, 9.17) is 0 Å². The number of piperidine rings is 1. The lowest BCUT2D eigenvalue weighted by Gasteiger charge is -2.42. The fourth-order valence-corrected chi connectivity index (χ4v) is 3.95. The van der Waals surface area contributed by atoms with Gasteiger partial charge in [-0.05, 0) is 56.0 Å². The Bertz CT molecular complexity index is 884. The lowest BCUT2D eigenvalue weighted by molar-refractivity contribution is -0.162. The van der Waals surface area contributed by atoms with Gasteiger partial charge in [-0.25, -0.2) is 0 Å². The van der Waals surface area contributed by atoms with E-state index in [1.807, 2.05) is 67.3 Å². The highest BCUT2D eigenvalue weighted by molar-refractivity contribution is 5.93. The van der Waals surface area contributed by atoms with E-state index in [-0.39, 0.29) is 31.8 Å². The summed E-state index contributed by atoms with van der Waals surface area (Å²) in [5.74, 6) is -1.16. The Hall–Kier alpha value is -2.70. The lowest BCUT2D eigenvalue weighted by Crippen LogP contribution is -2.56. The number of aliphatic hydroxyl groups excluding tert-OH is 1. The van der Waals surface area contributed by atoms with Crippen molar-refractivity contribution in [2.75, 3.05) is 25.0 Å². The number of nitrogens with zero attached hydrogens (tertiary/aromatic N) is 1. The van der Waals surface area contributed by atoms with Crippen molar-refractivity contribution < 1.29 is 19.8 Å². The maximum Gasteiger partial charge on any atom is 0.312 e. The van der Waals surface area contributed by atoms with Gasteiger partial charge in [0.2, 0.25) is 5.91 Å². The first-order valence-corrected chi connectivity index (χ1v) is 9.85. The fraction of sp³-hybridized carbons (Fsp3) is 0.391. The summed E-state index contributed by atoms with van der Waals surface area (Å²) in [7, 11) is 0. The van der Waals surface area contributed by atoms with E-state index in [1.165, 1.54) is 0 Å². The number of aliphatic carboxylic acids is 1. The molecule has 1 fully saturated rings. The SMILES string of the molecule is Cc1cccc(NC(=O)CN2CC[C@](Cc3ccccc3)(C(=O)O)[C@@H](O)C2)c1C. The van der Waals surface area contributed by atoms with Gasteiger partial charge in [-0.3, -0.25) is 14.5 Å². The number of β-amino-alcohol motifs (C(OH)–C–C–N with tert-alkyl or cyclic N) is 1. The molecule has 2 aromatic carbocycles. The molecule has 1 saturated heterocycles. The molecule has 154 valence electrons. The van der Waals surface area contributed by atoms with Crippen LogP contribution in [0.5, 0.6) is 0 Å². The van der Waals surface area contributed by atoms with Crippen molar-refractivity contribution in [1.29, 1.82) is 0 Å². The Balaban J connectivity index is 1.64. The third-order valence-electron chi connectivity index (χ3n) is 5.98. The minimum atomic E-state index is -1.23. The molecule has 3 N–H and O–H groups in total. The quantitative estimate of drug-likeness (QED) is 0.698. The van der Waals surface area contributed by atoms with Crippen molar-refractivity contribution in [3.63, 3.8) is 0 Å². The van der Waals surface area contributed by atoms with Crippen molar-refractivity contribution >= 4 is 17.6 Å². The molecule has 0 saturated carbocycles. The highest BCUT2D eigenvalue weighted by atomic mass is 16.4. The molecule has 0 aliphatic carbocycles. The van der Waals surface area contributed by atoms with Crippen molar-refractivity contribution in [3.05, 3.63) is 65.2 Å². The van der Waals surface area contributed by atoms with E-state index in [0.29, 0.717) is 6.54 Å². The van der Waals surface area contributed by atoms with Crippen LogP contribution < -0.4 is 5.32 Å². The molecular weight excluding hydrogens is 368 g/mol. The van der Waals surface area contributed by atoms with Crippen LogP contribution in [0.25, 0.3) is 0 Å². The Morgan fingerprint density at radius 1 is 1.14 bits per heavy atom. The molecule has 0 bridgehead atoms. The second kappa shape index (κ2) is 8.76. The standard InChI is InChI=1S/C23H28N2O4/c1-16-7-6-10-19(17(16)2)24-21(27)15-25-12-11-23(22(28)29,20(26)14-25)13-18-8-4-3-5-9-18/h3-10,20,26H,11-15H2,1-2H3,(H,24,27)(H,28,29)/t20-,23+/m0/s1. The minimum absolute atomic E-state index is 0.117. The average Bonchev–Trinajstić information content (AvgIpc) is 2.68. The van der Waals surface area contributed by atoms with Crippen LogP contribution in [0.15, 0.2) is 48.5 Å². The van der Waals surface area contributed by atoms with Crippen LogP contribution in [-0.2, 0) is 16.0 Å². The summed E-state index contributed by atoms with van der Waals surface area (Å²) in [5, 5.41) is 23.6. The molecule has 0 unspecified atom stereocenters. The van der Waals surface area contributed by atoms with E-state index in [9.17, 15) is 19.8 Å². The zero-order valence-electron chi connectivity index (χ0n) is 16.9. The number of aryl methyl sites for hydroxylation is 1. The maximum atomic E-state index is 12.5. The highest BCUT2D eigenvalue weighted by Crippen LogP contribution is 2.36. The Labute approximate surface area is 171 Å². The summed E-state index contributed by atoms with van der Waals surface area (Å²) in [6.07, 6.45) is -0.496. The molecule has 29 heavy (non-hydrogen) atoms. The zero-order valence-corrected chi connectivity index (χ0v) is 16.9. The molecule has 6 nitrogen and oxygen atoms in total. The van der Waals surface area contributed by atoms with Crippen LogP contribution in [0.1, 0.15) is 23.1 Å². The van der Waals surface area contributed by atoms with E-state index in [0.717, 1.165) is 22.4 Å². The average molecular weight is 396 g/mol. The Kier molecular flexibility index (Phi) is 6.35. The van der Waals surface area contributed by atoms with Crippen LogP contribution in [0.2, 0.25) is 0 Å². The number of rotatable bonds is 6. The molecule has 0 radical (unpaired) electrons. The molecule has 3 rings (SSSR count). The van der Waals surface area contributed by atoms with Gasteiger partial charge in [0.25, 0.3) is 0 Å². The number of anilines is 1. The predicted molar refractivity (Wildman–Crippen MR) is 112 cm³/mol. The molecule has 0 spiro atoms. The normalized spacial score (nSPS) is 22.2.